The minimum atomic E-state index is 0.806. The van der Waals surface area contributed by atoms with E-state index in [1.807, 2.05) is 12.5 Å². The molecule has 2 aromatic rings. The van der Waals surface area contributed by atoms with Gasteiger partial charge in [0.15, 0.2) is 0 Å². The maximum Gasteiger partial charge on any atom is 0.0948 e. The third kappa shape index (κ3) is 3.38. The number of anilines is 1. The fraction of sp³-hybridized carbons (Fsp3) is 0.400. The van der Waals surface area contributed by atoms with E-state index in [0.29, 0.717) is 0 Å². The van der Waals surface area contributed by atoms with Gasteiger partial charge in [0.1, 0.15) is 0 Å². The standard InChI is InChI=1S/C15H20BrN3/c1-4-5-19-10-17-8-14(19)9-18-13-6-11(2)15(16)12(3)7-13/h6-8,10,18H,4-5,9H2,1-3H3. The number of nitrogens with zero attached hydrogens (tertiary/aromatic N) is 2. The zero-order chi connectivity index (χ0) is 13.8. The van der Waals surface area contributed by atoms with Crippen LogP contribution in [0.2, 0.25) is 0 Å². The zero-order valence-corrected chi connectivity index (χ0v) is 13.3. The van der Waals surface area contributed by atoms with Crippen LogP contribution in [0.15, 0.2) is 29.1 Å². The first-order valence-corrected chi connectivity index (χ1v) is 7.40. The van der Waals surface area contributed by atoms with Crippen LogP contribution in [-0.2, 0) is 13.1 Å². The van der Waals surface area contributed by atoms with Crippen LogP contribution in [0.1, 0.15) is 30.2 Å². The van der Waals surface area contributed by atoms with Gasteiger partial charge in [0.05, 0.1) is 18.6 Å². The predicted octanol–water partition coefficient (Wildman–Crippen LogP) is 4.28. The van der Waals surface area contributed by atoms with Crippen LogP contribution >= 0.6 is 15.9 Å². The highest BCUT2D eigenvalue weighted by Gasteiger charge is 2.04. The molecule has 0 atom stereocenters. The van der Waals surface area contributed by atoms with Crippen molar-refractivity contribution in [3.8, 4) is 0 Å². The summed E-state index contributed by atoms with van der Waals surface area (Å²) in [6.07, 6.45) is 4.96. The highest BCUT2D eigenvalue weighted by molar-refractivity contribution is 9.10. The highest BCUT2D eigenvalue weighted by atomic mass is 79.9. The number of rotatable bonds is 5. The summed E-state index contributed by atoms with van der Waals surface area (Å²) in [5, 5.41) is 3.47. The summed E-state index contributed by atoms with van der Waals surface area (Å²) in [7, 11) is 0. The smallest absolute Gasteiger partial charge is 0.0948 e. The van der Waals surface area contributed by atoms with Crippen molar-refractivity contribution >= 4 is 21.6 Å². The van der Waals surface area contributed by atoms with Gasteiger partial charge in [-0.05, 0) is 43.5 Å². The minimum Gasteiger partial charge on any atom is -0.379 e. The van der Waals surface area contributed by atoms with E-state index < -0.39 is 0 Å². The van der Waals surface area contributed by atoms with E-state index >= 15 is 0 Å². The molecule has 1 aromatic carbocycles. The summed E-state index contributed by atoms with van der Waals surface area (Å²) >= 11 is 3.59. The molecule has 0 amide bonds. The Morgan fingerprint density at radius 1 is 1.26 bits per heavy atom. The fourth-order valence-electron chi connectivity index (χ4n) is 2.18. The molecule has 0 spiro atoms. The lowest BCUT2D eigenvalue weighted by molar-refractivity contribution is 0.651. The topological polar surface area (TPSA) is 29.9 Å². The Bertz CT molecular complexity index is 537. The average molecular weight is 322 g/mol. The number of nitrogens with one attached hydrogen (secondary N) is 1. The molecule has 0 unspecified atom stereocenters. The van der Waals surface area contributed by atoms with Gasteiger partial charge in [-0.1, -0.05) is 22.9 Å². The van der Waals surface area contributed by atoms with Crippen LogP contribution in [0.5, 0.6) is 0 Å². The lowest BCUT2D eigenvalue weighted by atomic mass is 10.1. The number of aryl methyl sites for hydroxylation is 3. The van der Waals surface area contributed by atoms with Gasteiger partial charge in [0.25, 0.3) is 0 Å². The number of benzene rings is 1. The first kappa shape index (κ1) is 14.1. The van der Waals surface area contributed by atoms with Gasteiger partial charge in [-0.3, -0.25) is 0 Å². The van der Waals surface area contributed by atoms with Crippen LogP contribution in [0.4, 0.5) is 5.69 Å². The molecule has 0 bridgehead atoms. The summed E-state index contributed by atoms with van der Waals surface area (Å²) in [4.78, 5) is 4.22. The number of hydrogen-bond acceptors (Lipinski definition) is 2. The molecule has 0 aliphatic heterocycles. The van der Waals surface area contributed by atoms with Crippen LogP contribution in [0, 0.1) is 13.8 Å². The monoisotopic (exact) mass is 321 g/mol. The Balaban J connectivity index is 2.08. The highest BCUT2D eigenvalue weighted by Crippen LogP contribution is 2.25. The van der Waals surface area contributed by atoms with E-state index in [2.05, 4.69) is 63.7 Å². The molecular weight excluding hydrogens is 302 g/mol. The van der Waals surface area contributed by atoms with Crippen molar-refractivity contribution < 1.29 is 0 Å². The summed E-state index contributed by atoms with van der Waals surface area (Å²) in [5.74, 6) is 0. The van der Waals surface area contributed by atoms with E-state index in [1.54, 1.807) is 0 Å². The van der Waals surface area contributed by atoms with Crippen LogP contribution in [-0.4, -0.2) is 9.55 Å². The van der Waals surface area contributed by atoms with E-state index in [9.17, 15) is 0 Å². The molecule has 0 saturated heterocycles. The predicted molar refractivity (Wildman–Crippen MR) is 83.5 cm³/mol. The first-order chi connectivity index (χ1) is 9.11. The minimum absolute atomic E-state index is 0.806. The second-order valence-electron chi connectivity index (χ2n) is 4.86. The quantitative estimate of drug-likeness (QED) is 0.890. The SMILES string of the molecule is CCCn1cncc1CNc1cc(C)c(Br)c(C)c1. The maximum absolute atomic E-state index is 4.22. The lowest BCUT2D eigenvalue weighted by Gasteiger charge is -2.12. The molecule has 1 aromatic heterocycles. The van der Waals surface area contributed by atoms with Crippen molar-refractivity contribution in [3.63, 3.8) is 0 Å². The van der Waals surface area contributed by atoms with Crippen LogP contribution in [0.3, 0.4) is 0 Å². The second kappa shape index (κ2) is 6.24. The van der Waals surface area contributed by atoms with Crippen LogP contribution in [0.25, 0.3) is 0 Å². The Kier molecular flexibility index (Phi) is 4.64. The van der Waals surface area contributed by atoms with E-state index in [4.69, 9.17) is 0 Å². The molecule has 1 N–H and O–H groups in total. The zero-order valence-electron chi connectivity index (χ0n) is 11.7. The largest absolute Gasteiger partial charge is 0.379 e. The Morgan fingerprint density at radius 3 is 2.58 bits per heavy atom. The molecule has 19 heavy (non-hydrogen) atoms. The number of aromatic nitrogens is 2. The van der Waals surface area contributed by atoms with Gasteiger partial charge in [0, 0.05) is 22.9 Å². The molecule has 0 radical (unpaired) electrons. The molecule has 2 rings (SSSR count). The third-order valence-corrected chi connectivity index (χ3v) is 4.42. The lowest BCUT2D eigenvalue weighted by Crippen LogP contribution is -2.07. The van der Waals surface area contributed by atoms with E-state index in [-0.39, 0.29) is 0 Å². The van der Waals surface area contributed by atoms with Crippen molar-refractivity contribution in [2.24, 2.45) is 0 Å². The summed E-state index contributed by atoms with van der Waals surface area (Å²) in [5.41, 5.74) is 4.89. The molecule has 102 valence electrons. The van der Waals surface area contributed by atoms with Crippen molar-refractivity contribution in [2.45, 2.75) is 40.3 Å². The van der Waals surface area contributed by atoms with Crippen molar-refractivity contribution in [3.05, 3.63) is 46.0 Å². The summed E-state index contributed by atoms with van der Waals surface area (Å²) in [6.45, 7) is 8.24. The Labute approximate surface area is 123 Å². The molecule has 4 heteroatoms. The summed E-state index contributed by atoms with van der Waals surface area (Å²) < 4.78 is 3.39. The van der Waals surface area contributed by atoms with Crippen LogP contribution < -0.4 is 5.32 Å². The van der Waals surface area contributed by atoms with E-state index in [1.165, 1.54) is 21.3 Å². The summed E-state index contributed by atoms with van der Waals surface area (Å²) in [6, 6.07) is 4.33. The second-order valence-corrected chi connectivity index (χ2v) is 5.65. The van der Waals surface area contributed by atoms with Gasteiger partial charge in [-0.25, -0.2) is 4.98 Å². The van der Waals surface area contributed by atoms with Gasteiger partial charge in [-0.2, -0.15) is 0 Å². The normalized spacial score (nSPS) is 10.7. The number of imidazole rings is 1. The molecule has 3 nitrogen and oxygen atoms in total. The van der Waals surface area contributed by atoms with E-state index in [0.717, 1.165) is 25.2 Å². The molecule has 1 heterocycles. The molecule has 0 aliphatic carbocycles. The fourth-order valence-corrected chi connectivity index (χ4v) is 2.41. The van der Waals surface area contributed by atoms with Crippen molar-refractivity contribution in [2.75, 3.05) is 5.32 Å². The third-order valence-electron chi connectivity index (χ3n) is 3.17. The molecule has 0 aliphatic rings. The first-order valence-electron chi connectivity index (χ1n) is 6.61. The number of hydrogen-bond donors (Lipinski definition) is 1. The molecular formula is C15H20BrN3. The van der Waals surface area contributed by atoms with Gasteiger partial charge < -0.3 is 9.88 Å². The van der Waals surface area contributed by atoms with Gasteiger partial charge >= 0.3 is 0 Å². The average Bonchev–Trinajstić information content (AvgIpc) is 2.81. The molecule has 0 fully saturated rings. The van der Waals surface area contributed by atoms with Crippen molar-refractivity contribution in [1.29, 1.82) is 0 Å². The Morgan fingerprint density at radius 2 is 1.95 bits per heavy atom. The molecule has 0 saturated carbocycles. The van der Waals surface area contributed by atoms with Crippen molar-refractivity contribution in [1.82, 2.24) is 9.55 Å². The number of halogens is 1. The maximum atomic E-state index is 4.22. The van der Waals surface area contributed by atoms with Gasteiger partial charge in [0.2, 0.25) is 0 Å². The Hall–Kier alpha value is -1.29. The van der Waals surface area contributed by atoms with Gasteiger partial charge in [-0.15, -0.1) is 0 Å².